The second-order valence-electron chi connectivity index (χ2n) is 4.26. The summed E-state index contributed by atoms with van der Waals surface area (Å²) in [5.74, 6) is -0.452. The molecule has 0 spiro atoms. The summed E-state index contributed by atoms with van der Waals surface area (Å²) in [5, 5.41) is 8.50. The smallest absolute Gasteiger partial charge is 0.336 e. The molecule has 0 aliphatic rings. The van der Waals surface area contributed by atoms with E-state index in [9.17, 15) is 4.79 Å². The number of rotatable bonds is 3. The highest BCUT2D eigenvalue weighted by atomic mass is 16.5. The Balaban J connectivity index is 3.73. The molecule has 0 aromatic rings. The Hall–Kier alpha value is -0.990. The van der Waals surface area contributed by atoms with Crippen LogP contribution in [0.5, 0.6) is 0 Å². The Kier molecular flexibility index (Phi) is 4.52. The van der Waals surface area contributed by atoms with Crippen molar-refractivity contribution in [2.24, 2.45) is 5.41 Å². The zero-order valence-corrected chi connectivity index (χ0v) is 8.76. The highest BCUT2D eigenvalue weighted by Crippen LogP contribution is 2.18. The molecule has 0 fully saturated rings. The summed E-state index contributed by atoms with van der Waals surface area (Å²) < 4.78 is 4.90. The number of esters is 1. The lowest BCUT2D eigenvalue weighted by molar-refractivity contribution is -0.139. The lowest BCUT2D eigenvalue weighted by atomic mass is 9.93. The third-order valence-electron chi connectivity index (χ3n) is 1.60. The minimum Gasteiger partial charge on any atom is -0.515 e. The first kappa shape index (κ1) is 12.0. The first-order valence-electron chi connectivity index (χ1n) is 4.35. The molecule has 0 aliphatic heterocycles. The Morgan fingerprint density at radius 3 is 2.38 bits per heavy atom. The van der Waals surface area contributed by atoms with Crippen LogP contribution in [-0.2, 0) is 9.53 Å². The molecule has 0 amide bonds. The van der Waals surface area contributed by atoms with Crippen LogP contribution in [0.3, 0.4) is 0 Å². The van der Waals surface area contributed by atoms with Crippen molar-refractivity contribution >= 4 is 5.97 Å². The molecule has 0 bridgehead atoms. The Morgan fingerprint density at radius 2 is 2.00 bits per heavy atom. The summed E-state index contributed by atoms with van der Waals surface area (Å²) in [7, 11) is 0. The maximum Gasteiger partial charge on any atom is 0.336 e. The highest BCUT2D eigenvalue weighted by molar-refractivity contribution is 5.87. The van der Waals surface area contributed by atoms with E-state index in [4.69, 9.17) is 9.84 Å². The van der Waals surface area contributed by atoms with Gasteiger partial charge in [-0.1, -0.05) is 20.8 Å². The Morgan fingerprint density at radius 1 is 1.46 bits per heavy atom. The van der Waals surface area contributed by atoms with Crippen LogP contribution in [-0.4, -0.2) is 17.7 Å². The molecule has 0 aromatic carbocycles. The Labute approximate surface area is 79.4 Å². The standard InChI is InChI=1S/C10H18O3/c1-8(7-11)9(12)13-6-5-10(2,3)4/h7,11H,5-6H2,1-4H3. The van der Waals surface area contributed by atoms with Gasteiger partial charge in [0.25, 0.3) is 0 Å². The number of hydrogen-bond acceptors (Lipinski definition) is 3. The highest BCUT2D eigenvalue weighted by Gasteiger charge is 2.12. The summed E-state index contributed by atoms with van der Waals surface area (Å²) in [5.41, 5.74) is 0.394. The third kappa shape index (κ3) is 6.20. The molecular weight excluding hydrogens is 168 g/mol. The molecule has 0 heterocycles. The van der Waals surface area contributed by atoms with E-state index in [1.165, 1.54) is 6.92 Å². The topological polar surface area (TPSA) is 46.5 Å². The van der Waals surface area contributed by atoms with Gasteiger partial charge in [-0.05, 0) is 18.8 Å². The molecule has 76 valence electrons. The number of carbonyl (C=O) groups excluding carboxylic acids is 1. The molecule has 0 rings (SSSR count). The van der Waals surface area contributed by atoms with Crippen LogP contribution in [0.1, 0.15) is 34.1 Å². The maximum absolute atomic E-state index is 11.0. The molecule has 1 N–H and O–H groups in total. The summed E-state index contributed by atoms with van der Waals surface area (Å²) in [6.45, 7) is 8.15. The Bertz CT molecular complexity index is 199. The molecule has 0 saturated carbocycles. The number of ether oxygens (including phenoxy) is 1. The van der Waals surface area contributed by atoms with Crippen molar-refractivity contribution in [1.82, 2.24) is 0 Å². The van der Waals surface area contributed by atoms with Crippen LogP contribution in [0.25, 0.3) is 0 Å². The van der Waals surface area contributed by atoms with E-state index in [2.05, 4.69) is 20.8 Å². The number of hydrogen-bond donors (Lipinski definition) is 1. The van der Waals surface area contributed by atoms with Crippen LogP contribution < -0.4 is 0 Å². The fourth-order valence-electron chi connectivity index (χ4n) is 0.616. The molecule has 3 heteroatoms. The minimum atomic E-state index is -0.452. The van der Waals surface area contributed by atoms with Crippen molar-refractivity contribution in [3.05, 3.63) is 11.8 Å². The average Bonchev–Trinajstić information content (AvgIpc) is 2.00. The molecule has 0 saturated heterocycles. The van der Waals surface area contributed by atoms with Crippen molar-refractivity contribution in [1.29, 1.82) is 0 Å². The third-order valence-corrected chi connectivity index (χ3v) is 1.60. The van der Waals surface area contributed by atoms with Gasteiger partial charge < -0.3 is 9.84 Å². The van der Waals surface area contributed by atoms with Gasteiger partial charge in [-0.25, -0.2) is 4.79 Å². The van der Waals surface area contributed by atoms with Gasteiger partial charge in [0.2, 0.25) is 0 Å². The normalized spacial score (nSPS) is 12.8. The lowest BCUT2D eigenvalue weighted by Crippen LogP contribution is -2.13. The maximum atomic E-state index is 11.0. The summed E-state index contributed by atoms with van der Waals surface area (Å²) in [6.07, 6.45) is 1.58. The van der Waals surface area contributed by atoms with Crippen LogP contribution in [0.2, 0.25) is 0 Å². The van der Waals surface area contributed by atoms with E-state index in [-0.39, 0.29) is 11.0 Å². The largest absolute Gasteiger partial charge is 0.515 e. The van der Waals surface area contributed by atoms with Crippen LogP contribution in [0.4, 0.5) is 0 Å². The van der Waals surface area contributed by atoms with Gasteiger partial charge in [0.1, 0.15) is 0 Å². The zero-order valence-electron chi connectivity index (χ0n) is 8.76. The van der Waals surface area contributed by atoms with Gasteiger partial charge in [-0.15, -0.1) is 0 Å². The van der Waals surface area contributed by atoms with Gasteiger partial charge in [-0.2, -0.15) is 0 Å². The zero-order chi connectivity index (χ0) is 10.5. The van der Waals surface area contributed by atoms with Gasteiger partial charge in [-0.3, -0.25) is 0 Å². The van der Waals surface area contributed by atoms with Gasteiger partial charge in [0.05, 0.1) is 18.4 Å². The summed E-state index contributed by atoms with van der Waals surface area (Å²) in [6, 6.07) is 0. The SMILES string of the molecule is CC(=CO)C(=O)OCCC(C)(C)C. The van der Waals surface area contributed by atoms with Crippen LogP contribution in [0, 0.1) is 5.41 Å². The lowest BCUT2D eigenvalue weighted by Gasteiger charge is -2.17. The molecular formula is C10H18O3. The quantitative estimate of drug-likeness (QED) is 0.418. The molecule has 0 atom stereocenters. The number of aliphatic hydroxyl groups excluding tert-OH is 1. The van der Waals surface area contributed by atoms with E-state index in [0.29, 0.717) is 6.61 Å². The molecule has 3 nitrogen and oxygen atoms in total. The molecule has 0 radical (unpaired) electrons. The second kappa shape index (κ2) is 4.90. The van der Waals surface area contributed by atoms with Crippen molar-refractivity contribution in [3.63, 3.8) is 0 Å². The fraction of sp³-hybridized carbons (Fsp3) is 0.700. The predicted molar refractivity (Wildman–Crippen MR) is 51.4 cm³/mol. The van der Waals surface area contributed by atoms with E-state index >= 15 is 0 Å². The molecule has 13 heavy (non-hydrogen) atoms. The molecule has 0 aromatic heterocycles. The summed E-state index contributed by atoms with van der Waals surface area (Å²) >= 11 is 0. The first-order chi connectivity index (χ1) is 5.87. The van der Waals surface area contributed by atoms with E-state index < -0.39 is 5.97 Å². The minimum absolute atomic E-state index is 0.164. The van der Waals surface area contributed by atoms with E-state index in [1.807, 2.05) is 0 Å². The first-order valence-corrected chi connectivity index (χ1v) is 4.35. The molecule has 0 aliphatic carbocycles. The number of aliphatic hydroxyl groups is 1. The molecule has 0 unspecified atom stereocenters. The van der Waals surface area contributed by atoms with Crippen molar-refractivity contribution < 1.29 is 14.6 Å². The second-order valence-corrected chi connectivity index (χ2v) is 4.26. The van der Waals surface area contributed by atoms with Gasteiger partial charge in [0, 0.05) is 0 Å². The van der Waals surface area contributed by atoms with Crippen molar-refractivity contribution in [2.45, 2.75) is 34.1 Å². The van der Waals surface area contributed by atoms with Gasteiger partial charge in [0.15, 0.2) is 0 Å². The monoisotopic (exact) mass is 186 g/mol. The van der Waals surface area contributed by atoms with Crippen LogP contribution in [0.15, 0.2) is 11.8 Å². The summed E-state index contributed by atoms with van der Waals surface area (Å²) in [4.78, 5) is 11.0. The average molecular weight is 186 g/mol. The van der Waals surface area contributed by atoms with E-state index in [0.717, 1.165) is 12.7 Å². The van der Waals surface area contributed by atoms with Crippen molar-refractivity contribution in [2.75, 3.05) is 6.61 Å². The fourth-order valence-corrected chi connectivity index (χ4v) is 0.616. The van der Waals surface area contributed by atoms with Gasteiger partial charge >= 0.3 is 5.97 Å². The van der Waals surface area contributed by atoms with Crippen molar-refractivity contribution in [3.8, 4) is 0 Å². The van der Waals surface area contributed by atoms with Crippen LogP contribution >= 0.6 is 0 Å². The predicted octanol–water partition coefficient (Wildman–Crippen LogP) is 2.43. The van der Waals surface area contributed by atoms with E-state index in [1.54, 1.807) is 0 Å². The number of carbonyl (C=O) groups is 1.